The molecule has 0 aliphatic heterocycles. The third-order valence-corrected chi connectivity index (χ3v) is 0.987. The normalized spacial score (nSPS) is 10.6. The van der Waals surface area contributed by atoms with Crippen molar-refractivity contribution in [3.8, 4) is 0 Å². The predicted molar refractivity (Wildman–Crippen MR) is 41.9 cm³/mol. The van der Waals surface area contributed by atoms with E-state index in [0.717, 1.165) is 26.2 Å². The van der Waals surface area contributed by atoms with E-state index < -0.39 is 0 Å². The summed E-state index contributed by atoms with van der Waals surface area (Å²) in [5.74, 6) is 0. The van der Waals surface area contributed by atoms with Crippen LogP contribution in [0.25, 0.3) is 0 Å². The highest BCUT2D eigenvalue weighted by Crippen LogP contribution is 1.85. The zero-order valence-corrected chi connectivity index (χ0v) is 6.80. The third kappa shape index (κ3) is 7.50. The molecule has 0 saturated heterocycles. The van der Waals surface area contributed by atoms with Gasteiger partial charge in [-0.2, -0.15) is 0 Å². The van der Waals surface area contributed by atoms with Crippen molar-refractivity contribution in [2.24, 2.45) is 0 Å². The molecular formula is C8H16O2. The average Bonchev–Trinajstić information content (AvgIpc) is 1.97. The molecule has 0 unspecified atom stereocenters. The summed E-state index contributed by atoms with van der Waals surface area (Å²) in [5, 5.41) is 0. The Hall–Kier alpha value is -0.500. The maximum absolute atomic E-state index is 5.11. The Morgan fingerprint density at radius 3 is 2.70 bits per heavy atom. The van der Waals surface area contributed by atoms with Gasteiger partial charge in [-0.05, 0) is 13.8 Å². The van der Waals surface area contributed by atoms with Gasteiger partial charge in [0.2, 0.25) is 0 Å². The van der Waals surface area contributed by atoms with Crippen LogP contribution in [0.5, 0.6) is 0 Å². The number of hydrogen-bond acceptors (Lipinski definition) is 2. The zero-order valence-electron chi connectivity index (χ0n) is 6.80. The highest BCUT2D eigenvalue weighted by Gasteiger charge is 1.84. The summed E-state index contributed by atoms with van der Waals surface area (Å²) in [4.78, 5) is 0. The molecule has 60 valence electrons. The molecule has 0 aromatic rings. The molecule has 2 heteroatoms. The Morgan fingerprint density at radius 1 is 1.30 bits per heavy atom. The fraction of sp³-hybridized carbons (Fsp3) is 0.750. The molecule has 0 rings (SSSR count). The molecule has 0 aromatic carbocycles. The third-order valence-electron chi connectivity index (χ3n) is 0.987. The quantitative estimate of drug-likeness (QED) is 0.419. The van der Waals surface area contributed by atoms with Crippen molar-refractivity contribution in [3.05, 3.63) is 12.3 Å². The van der Waals surface area contributed by atoms with Crippen molar-refractivity contribution in [1.82, 2.24) is 0 Å². The standard InChI is InChI=1S/C8H16O2/c1-3-6-10-8-5-7-9-4-2/h3,6H,4-5,7-8H2,1-2H3/b6-3+. The summed E-state index contributed by atoms with van der Waals surface area (Å²) >= 11 is 0. The lowest BCUT2D eigenvalue weighted by Crippen LogP contribution is -1.97. The van der Waals surface area contributed by atoms with Crippen LogP contribution in [0.15, 0.2) is 12.3 Å². The Kier molecular flexibility index (Phi) is 8.07. The first-order valence-electron chi connectivity index (χ1n) is 3.72. The first-order valence-corrected chi connectivity index (χ1v) is 3.72. The zero-order chi connectivity index (χ0) is 7.66. The minimum atomic E-state index is 0.754. The van der Waals surface area contributed by atoms with Gasteiger partial charge in [0, 0.05) is 19.6 Å². The molecule has 0 bridgehead atoms. The number of rotatable bonds is 6. The van der Waals surface area contributed by atoms with E-state index in [1.807, 2.05) is 19.9 Å². The number of ether oxygens (including phenoxy) is 2. The van der Waals surface area contributed by atoms with Gasteiger partial charge in [-0.25, -0.2) is 0 Å². The summed E-state index contributed by atoms with van der Waals surface area (Å²) in [6, 6.07) is 0. The molecule has 0 radical (unpaired) electrons. The molecule has 0 aliphatic carbocycles. The summed E-state index contributed by atoms with van der Waals surface area (Å²) in [5.41, 5.74) is 0. The minimum absolute atomic E-state index is 0.754. The van der Waals surface area contributed by atoms with E-state index in [4.69, 9.17) is 9.47 Å². The van der Waals surface area contributed by atoms with Gasteiger partial charge >= 0.3 is 0 Å². The van der Waals surface area contributed by atoms with Crippen molar-refractivity contribution in [3.63, 3.8) is 0 Å². The van der Waals surface area contributed by atoms with Gasteiger partial charge in [0.25, 0.3) is 0 Å². The summed E-state index contributed by atoms with van der Waals surface area (Å²) < 4.78 is 10.2. The maximum atomic E-state index is 5.11. The molecule has 0 atom stereocenters. The van der Waals surface area contributed by atoms with Crippen LogP contribution in [-0.2, 0) is 9.47 Å². The smallest absolute Gasteiger partial charge is 0.0895 e. The van der Waals surface area contributed by atoms with E-state index in [1.165, 1.54) is 0 Å². The van der Waals surface area contributed by atoms with Crippen LogP contribution >= 0.6 is 0 Å². The summed E-state index contributed by atoms with van der Waals surface area (Å²) in [6.07, 6.45) is 4.55. The first-order chi connectivity index (χ1) is 4.91. The van der Waals surface area contributed by atoms with Gasteiger partial charge in [0.15, 0.2) is 0 Å². The lowest BCUT2D eigenvalue weighted by molar-refractivity contribution is 0.122. The van der Waals surface area contributed by atoms with Gasteiger partial charge in [-0.3, -0.25) is 0 Å². The second-order valence-electron chi connectivity index (χ2n) is 1.89. The fourth-order valence-corrected chi connectivity index (χ4v) is 0.553. The molecule has 10 heavy (non-hydrogen) atoms. The van der Waals surface area contributed by atoms with Gasteiger partial charge in [-0.15, -0.1) is 0 Å². The van der Waals surface area contributed by atoms with E-state index in [2.05, 4.69) is 0 Å². The van der Waals surface area contributed by atoms with Crippen molar-refractivity contribution < 1.29 is 9.47 Å². The molecular weight excluding hydrogens is 128 g/mol. The molecule has 0 heterocycles. The molecule has 0 spiro atoms. The van der Waals surface area contributed by atoms with E-state index in [9.17, 15) is 0 Å². The largest absolute Gasteiger partial charge is 0.501 e. The van der Waals surface area contributed by atoms with Crippen LogP contribution in [0.4, 0.5) is 0 Å². The van der Waals surface area contributed by atoms with Crippen LogP contribution < -0.4 is 0 Å². The van der Waals surface area contributed by atoms with Crippen LogP contribution in [0.1, 0.15) is 20.3 Å². The number of hydrogen-bond donors (Lipinski definition) is 0. The second kappa shape index (κ2) is 8.50. The van der Waals surface area contributed by atoms with Crippen LogP contribution in [0.3, 0.4) is 0 Å². The van der Waals surface area contributed by atoms with E-state index in [1.54, 1.807) is 6.26 Å². The number of allylic oxidation sites excluding steroid dienone is 1. The fourth-order valence-electron chi connectivity index (χ4n) is 0.553. The van der Waals surface area contributed by atoms with Crippen molar-refractivity contribution in [2.45, 2.75) is 20.3 Å². The SMILES string of the molecule is C/C=C/OCCCOCC. The molecule has 0 aliphatic rings. The van der Waals surface area contributed by atoms with Crippen LogP contribution in [-0.4, -0.2) is 19.8 Å². The van der Waals surface area contributed by atoms with Crippen LogP contribution in [0, 0.1) is 0 Å². The summed E-state index contributed by atoms with van der Waals surface area (Å²) in [7, 11) is 0. The summed E-state index contributed by atoms with van der Waals surface area (Å²) in [6.45, 7) is 6.28. The van der Waals surface area contributed by atoms with Gasteiger partial charge < -0.3 is 9.47 Å². The van der Waals surface area contributed by atoms with Gasteiger partial charge in [0.05, 0.1) is 12.9 Å². The average molecular weight is 144 g/mol. The highest BCUT2D eigenvalue weighted by molar-refractivity contribution is 4.64. The van der Waals surface area contributed by atoms with E-state index in [0.29, 0.717) is 0 Å². The second-order valence-corrected chi connectivity index (χ2v) is 1.89. The molecule has 0 saturated carbocycles. The lowest BCUT2D eigenvalue weighted by Gasteiger charge is -2.00. The topological polar surface area (TPSA) is 18.5 Å². The van der Waals surface area contributed by atoms with Crippen molar-refractivity contribution in [2.75, 3.05) is 19.8 Å². The Labute approximate surface area is 62.8 Å². The molecule has 0 aromatic heterocycles. The molecule has 0 amide bonds. The van der Waals surface area contributed by atoms with E-state index in [-0.39, 0.29) is 0 Å². The highest BCUT2D eigenvalue weighted by atomic mass is 16.5. The monoisotopic (exact) mass is 144 g/mol. The predicted octanol–water partition coefficient (Wildman–Crippen LogP) is 1.96. The Morgan fingerprint density at radius 2 is 2.10 bits per heavy atom. The molecule has 0 fully saturated rings. The van der Waals surface area contributed by atoms with E-state index >= 15 is 0 Å². The molecule has 0 N–H and O–H groups in total. The maximum Gasteiger partial charge on any atom is 0.0895 e. The van der Waals surface area contributed by atoms with Crippen molar-refractivity contribution >= 4 is 0 Å². The van der Waals surface area contributed by atoms with Crippen molar-refractivity contribution in [1.29, 1.82) is 0 Å². The van der Waals surface area contributed by atoms with Gasteiger partial charge in [-0.1, -0.05) is 6.08 Å². The Balaban J connectivity index is 2.77. The minimum Gasteiger partial charge on any atom is -0.501 e. The van der Waals surface area contributed by atoms with Crippen LogP contribution in [0.2, 0.25) is 0 Å². The lowest BCUT2D eigenvalue weighted by atomic mass is 10.5. The molecule has 2 nitrogen and oxygen atoms in total. The van der Waals surface area contributed by atoms with Gasteiger partial charge in [0.1, 0.15) is 0 Å². The Bertz CT molecular complexity index is 79.3. The first kappa shape index (κ1) is 9.50.